The van der Waals surface area contributed by atoms with Gasteiger partial charge in [0.05, 0.1) is 17.2 Å². The zero-order valence-corrected chi connectivity index (χ0v) is 11.6. The van der Waals surface area contributed by atoms with Crippen molar-refractivity contribution in [3.8, 4) is 5.75 Å². The van der Waals surface area contributed by atoms with E-state index in [4.69, 9.17) is 9.84 Å². The number of halogens is 3. The summed E-state index contributed by atoms with van der Waals surface area (Å²) in [6.45, 7) is 2.14. The molecule has 6 heteroatoms. The van der Waals surface area contributed by atoms with E-state index in [0.29, 0.717) is 5.92 Å². The standard InChI is InChI=1S/C15H17F3O3/c1-9-2-4-10(5-3-9)21-11-6-7-12(14(19)20)13(8-11)15(16,17)18/h6-10H,2-5H2,1H3,(H,19,20). The molecule has 1 aromatic carbocycles. The van der Waals surface area contributed by atoms with Crippen molar-refractivity contribution in [1.82, 2.24) is 0 Å². The van der Waals surface area contributed by atoms with Gasteiger partial charge in [0.1, 0.15) is 5.75 Å². The summed E-state index contributed by atoms with van der Waals surface area (Å²) >= 11 is 0. The summed E-state index contributed by atoms with van der Waals surface area (Å²) in [6, 6.07) is 3.02. The van der Waals surface area contributed by atoms with Crippen LogP contribution in [0.4, 0.5) is 13.2 Å². The van der Waals surface area contributed by atoms with Gasteiger partial charge in [-0.1, -0.05) is 6.92 Å². The predicted molar refractivity (Wildman–Crippen MR) is 70.5 cm³/mol. The molecular weight excluding hydrogens is 285 g/mol. The van der Waals surface area contributed by atoms with Crippen molar-refractivity contribution in [1.29, 1.82) is 0 Å². The summed E-state index contributed by atoms with van der Waals surface area (Å²) in [6.07, 6.45) is -1.22. The highest BCUT2D eigenvalue weighted by Gasteiger charge is 2.36. The SMILES string of the molecule is CC1CCC(Oc2ccc(C(=O)O)c(C(F)(F)F)c2)CC1. The van der Waals surface area contributed by atoms with Gasteiger partial charge in [0.2, 0.25) is 0 Å². The molecule has 1 aliphatic carbocycles. The second-order valence-electron chi connectivity index (χ2n) is 5.51. The fraction of sp³-hybridized carbons (Fsp3) is 0.533. The molecule has 0 amide bonds. The van der Waals surface area contributed by atoms with E-state index in [9.17, 15) is 18.0 Å². The van der Waals surface area contributed by atoms with E-state index in [2.05, 4.69) is 6.92 Å². The number of alkyl halides is 3. The zero-order chi connectivity index (χ0) is 15.6. The number of hydrogen-bond donors (Lipinski definition) is 1. The van der Waals surface area contributed by atoms with Crippen molar-refractivity contribution in [3.63, 3.8) is 0 Å². The average molecular weight is 302 g/mol. The Hall–Kier alpha value is -1.72. The zero-order valence-electron chi connectivity index (χ0n) is 11.6. The van der Waals surface area contributed by atoms with Gasteiger partial charge in [-0.05, 0) is 49.8 Å². The van der Waals surface area contributed by atoms with Crippen LogP contribution >= 0.6 is 0 Å². The molecule has 1 saturated carbocycles. The molecule has 2 rings (SSSR count). The lowest BCUT2D eigenvalue weighted by molar-refractivity contribution is -0.138. The lowest BCUT2D eigenvalue weighted by Gasteiger charge is -2.27. The first-order valence-electron chi connectivity index (χ1n) is 6.88. The molecule has 1 aliphatic rings. The van der Waals surface area contributed by atoms with Crippen LogP contribution in [0.25, 0.3) is 0 Å². The van der Waals surface area contributed by atoms with Crippen molar-refractivity contribution < 1.29 is 27.8 Å². The van der Waals surface area contributed by atoms with Gasteiger partial charge in [0.15, 0.2) is 0 Å². The van der Waals surface area contributed by atoms with Crippen LogP contribution in [-0.4, -0.2) is 17.2 Å². The van der Waals surface area contributed by atoms with Gasteiger partial charge in [-0.15, -0.1) is 0 Å². The molecule has 0 spiro atoms. The van der Waals surface area contributed by atoms with Crippen molar-refractivity contribution in [3.05, 3.63) is 29.3 Å². The number of ether oxygens (including phenoxy) is 1. The minimum absolute atomic E-state index is 0.0758. The maximum absolute atomic E-state index is 12.9. The van der Waals surface area contributed by atoms with Crippen molar-refractivity contribution >= 4 is 5.97 Å². The molecular formula is C15H17F3O3. The van der Waals surface area contributed by atoms with Crippen molar-refractivity contribution in [2.75, 3.05) is 0 Å². The second kappa shape index (κ2) is 5.95. The third-order valence-corrected chi connectivity index (χ3v) is 3.79. The number of aromatic carboxylic acids is 1. The Labute approximate surface area is 120 Å². The van der Waals surface area contributed by atoms with Crippen LogP contribution in [0.1, 0.15) is 48.5 Å². The topological polar surface area (TPSA) is 46.5 Å². The lowest BCUT2D eigenvalue weighted by Crippen LogP contribution is -2.23. The first-order valence-corrected chi connectivity index (χ1v) is 6.88. The summed E-state index contributed by atoms with van der Waals surface area (Å²) in [5.41, 5.74) is -1.93. The Kier molecular flexibility index (Phi) is 4.44. The molecule has 0 saturated heterocycles. The third-order valence-electron chi connectivity index (χ3n) is 3.79. The van der Waals surface area contributed by atoms with Crippen LogP contribution in [0.2, 0.25) is 0 Å². The van der Waals surface area contributed by atoms with Gasteiger partial charge in [0.25, 0.3) is 0 Å². The Morgan fingerprint density at radius 2 is 1.86 bits per heavy atom. The van der Waals surface area contributed by atoms with Crippen molar-refractivity contribution in [2.45, 2.75) is 44.9 Å². The molecule has 0 heterocycles. The molecule has 1 N–H and O–H groups in total. The first-order chi connectivity index (χ1) is 9.77. The number of carboxylic acids is 1. The van der Waals surface area contributed by atoms with E-state index >= 15 is 0 Å². The molecule has 0 atom stereocenters. The van der Waals surface area contributed by atoms with E-state index in [0.717, 1.165) is 37.8 Å². The quantitative estimate of drug-likeness (QED) is 0.902. The maximum Gasteiger partial charge on any atom is 0.417 e. The van der Waals surface area contributed by atoms with E-state index in [1.54, 1.807) is 0 Å². The first kappa shape index (κ1) is 15.7. The van der Waals surface area contributed by atoms with Gasteiger partial charge in [-0.2, -0.15) is 13.2 Å². The fourth-order valence-electron chi connectivity index (χ4n) is 2.56. The molecule has 1 aromatic rings. The van der Waals surface area contributed by atoms with E-state index < -0.39 is 23.3 Å². The van der Waals surface area contributed by atoms with Crippen LogP contribution in [0.5, 0.6) is 5.75 Å². The van der Waals surface area contributed by atoms with Gasteiger partial charge < -0.3 is 9.84 Å². The summed E-state index contributed by atoms with van der Waals surface area (Å²) in [4.78, 5) is 10.9. The normalized spacial score (nSPS) is 22.9. The highest BCUT2D eigenvalue weighted by atomic mass is 19.4. The third kappa shape index (κ3) is 3.89. The van der Waals surface area contributed by atoms with E-state index in [-0.39, 0.29) is 11.9 Å². The van der Waals surface area contributed by atoms with Crippen LogP contribution in [0, 0.1) is 5.92 Å². The highest BCUT2D eigenvalue weighted by molar-refractivity contribution is 5.89. The number of rotatable bonds is 3. The number of carbonyl (C=O) groups is 1. The number of hydrogen-bond acceptors (Lipinski definition) is 2. The monoisotopic (exact) mass is 302 g/mol. The fourth-order valence-corrected chi connectivity index (χ4v) is 2.56. The number of benzene rings is 1. The van der Waals surface area contributed by atoms with Crippen LogP contribution in [0.3, 0.4) is 0 Å². The Balaban J connectivity index is 2.20. The minimum atomic E-state index is -4.71. The van der Waals surface area contributed by atoms with Gasteiger partial charge in [-0.3, -0.25) is 0 Å². The van der Waals surface area contributed by atoms with Crippen LogP contribution in [-0.2, 0) is 6.18 Å². The van der Waals surface area contributed by atoms with E-state index in [1.807, 2.05) is 0 Å². The molecule has 0 unspecified atom stereocenters. The molecule has 0 radical (unpaired) electrons. The summed E-state index contributed by atoms with van der Waals surface area (Å²) < 4.78 is 44.3. The molecule has 116 valence electrons. The highest BCUT2D eigenvalue weighted by Crippen LogP contribution is 2.35. The minimum Gasteiger partial charge on any atom is -0.490 e. The average Bonchev–Trinajstić information content (AvgIpc) is 2.40. The van der Waals surface area contributed by atoms with Gasteiger partial charge >= 0.3 is 12.1 Å². The Bertz CT molecular complexity index is 517. The molecule has 21 heavy (non-hydrogen) atoms. The molecule has 1 fully saturated rings. The van der Waals surface area contributed by atoms with Crippen LogP contribution in [0.15, 0.2) is 18.2 Å². The van der Waals surface area contributed by atoms with E-state index in [1.165, 1.54) is 6.07 Å². The summed E-state index contributed by atoms with van der Waals surface area (Å²) in [5.74, 6) is -0.905. The smallest absolute Gasteiger partial charge is 0.417 e. The molecule has 0 aromatic heterocycles. The lowest BCUT2D eigenvalue weighted by atomic mass is 9.89. The summed E-state index contributed by atoms with van der Waals surface area (Å²) in [7, 11) is 0. The van der Waals surface area contributed by atoms with Gasteiger partial charge in [0, 0.05) is 0 Å². The molecule has 0 bridgehead atoms. The maximum atomic E-state index is 12.9. The van der Waals surface area contributed by atoms with Gasteiger partial charge in [-0.25, -0.2) is 4.79 Å². The van der Waals surface area contributed by atoms with Crippen molar-refractivity contribution in [2.24, 2.45) is 5.92 Å². The molecule has 0 aliphatic heterocycles. The molecule has 3 nitrogen and oxygen atoms in total. The van der Waals surface area contributed by atoms with Crippen LogP contribution < -0.4 is 4.74 Å². The Morgan fingerprint density at radius 3 is 2.38 bits per heavy atom. The predicted octanol–water partition coefficient (Wildman–Crippen LogP) is 4.36. The largest absolute Gasteiger partial charge is 0.490 e. The number of carboxylic acid groups (broad SMARTS) is 1. The Morgan fingerprint density at radius 1 is 1.24 bits per heavy atom. The second-order valence-corrected chi connectivity index (χ2v) is 5.51. The summed E-state index contributed by atoms with van der Waals surface area (Å²) in [5, 5.41) is 8.83.